The Balaban J connectivity index is 1.38. The Hall–Kier alpha value is -4.92. The summed E-state index contributed by atoms with van der Waals surface area (Å²) in [6.07, 6.45) is 0. The number of ether oxygens (including phenoxy) is 1. The molecule has 2 heterocycles. The van der Waals surface area contributed by atoms with Gasteiger partial charge in [0, 0.05) is 5.56 Å². The van der Waals surface area contributed by atoms with E-state index in [2.05, 4.69) is 15.9 Å². The minimum atomic E-state index is -1.48. The van der Waals surface area contributed by atoms with Crippen LogP contribution < -0.4 is 15.5 Å². The molecule has 1 aliphatic rings. The Kier molecular flexibility index (Phi) is 6.19. The molecule has 9 heteroatoms. The van der Waals surface area contributed by atoms with E-state index in [-0.39, 0.29) is 12.2 Å². The number of urea groups is 1. The summed E-state index contributed by atoms with van der Waals surface area (Å²) >= 11 is 0. The molecule has 0 unspecified atom stereocenters. The summed E-state index contributed by atoms with van der Waals surface area (Å²) in [4.78, 5) is 39.9. The van der Waals surface area contributed by atoms with E-state index in [4.69, 9.17) is 9.26 Å². The molecule has 4 aromatic rings. The molecule has 2 N–H and O–H groups in total. The van der Waals surface area contributed by atoms with E-state index in [1.807, 2.05) is 19.1 Å². The van der Waals surface area contributed by atoms with Crippen molar-refractivity contribution in [2.75, 3.05) is 0 Å². The standard InChI is InChI=1S/C28H24N4O5/c1-18-24(19(2)37-31-18)17-36-23-15-9-10-20(16-23)25(33)30-32-26(34)28(29-27(32)35,21-11-5-3-6-12-21)22-13-7-4-8-14-22/h3-16H,17H2,1-2H3,(H,29,35)(H,30,33). The summed E-state index contributed by atoms with van der Waals surface area (Å²) in [5, 5.41) is 7.43. The van der Waals surface area contributed by atoms with E-state index in [9.17, 15) is 14.4 Å². The molecular formula is C28H24N4O5. The maximum absolute atomic E-state index is 13.8. The van der Waals surface area contributed by atoms with Crippen LogP contribution in [0.5, 0.6) is 5.75 Å². The number of carbonyl (C=O) groups is 3. The highest BCUT2D eigenvalue weighted by Crippen LogP contribution is 2.35. The van der Waals surface area contributed by atoms with Crippen molar-refractivity contribution < 1.29 is 23.6 Å². The number of rotatable bonds is 7. The Labute approximate surface area is 213 Å². The van der Waals surface area contributed by atoms with Crippen LogP contribution in [0, 0.1) is 13.8 Å². The van der Waals surface area contributed by atoms with Gasteiger partial charge in [-0.3, -0.25) is 15.0 Å². The summed E-state index contributed by atoms with van der Waals surface area (Å²) in [6.45, 7) is 3.84. The molecule has 186 valence electrons. The lowest BCUT2D eigenvalue weighted by molar-refractivity contribution is -0.131. The average Bonchev–Trinajstić information content (AvgIpc) is 3.38. The molecule has 0 spiro atoms. The number of amides is 4. The van der Waals surface area contributed by atoms with Crippen molar-refractivity contribution >= 4 is 17.8 Å². The van der Waals surface area contributed by atoms with Crippen molar-refractivity contribution in [3.05, 3.63) is 119 Å². The number of nitrogens with zero attached hydrogens (tertiary/aromatic N) is 2. The van der Waals surface area contributed by atoms with Gasteiger partial charge >= 0.3 is 6.03 Å². The Morgan fingerprint density at radius 2 is 1.62 bits per heavy atom. The van der Waals surface area contributed by atoms with Crippen LogP contribution in [0.15, 0.2) is 89.5 Å². The van der Waals surface area contributed by atoms with Crippen molar-refractivity contribution in [2.24, 2.45) is 0 Å². The number of hydrogen-bond donors (Lipinski definition) is 2. The normalized spacial score (nSPS) is 14.4. The number of aromatic nitrogens is 1. The largest absolute Gasteiger partial charge is 0.489 e. The van der Waals surface area contributed by atoms with Crippen LogP contribution in [0.3, 0.4) is 0 Å². The second kappa shape index (κ2) is 9.62. The third-order valence-corrected chi connectivity index (χ3v) is 6.31. The van der Waals surface area contributed by atoms with Crippen LogP contribution in [0.2, 0.25) is 0 Å². The van der Waals surface area contributed by atoms with Gasteiger partial charge in [0.1, 0.15) is 18.1 Å². The topological polar surface area (TPSA) is 114 Å². The van der Waals surface area contributed by atoms with Gasteiger partial charge in [-0.15, -0.1) is 0 Å². The van der Waals surface area contributed by atoms with Crippen molar-refractivity contribution in [1.29, 1.82) is 0 Å². The first-order valence-electron chi connectivity index (χ1n) is 11.6. The fourth-order valence-electron chi connectivity index (χ4n) is 4.32. The number of carbonyl (C=O) groups excluding carboxylic acids is 3. The van der Waals surface area contributed by atoms with Gasteiger partial charge in [-0.1, -0.05) is 71.9 Å². The minimum absolute atomic E-state index is 0.216. The number of hydrazine groups is 1. The molecule has 1 aliphatic heterocycles. The van der Waals surface area contributed by atoms with E-state index < -0.39 is 23.4 Å². The van der Waals surface area contributed by atoms with Gasteiger partial charge in [0.05, 0.1) is 11.3 Å². The maximum atomic E-state index is 13.8. The molecule has 9 nitrogen and oxygen atoms in total. The van der Waals surface area contributed by atoms with Gasteiger partial charge in [0.25, 0.3) is 11.8 Å². The lowest BCUT2D eigenvalue weighted by Gasteiger charge is -2.27. The smallest absolute Gasteiger partial charge is 0.344 e. The van der Waals surface area contributed by atoms with Gasteiger partial charge < -0.3 is 14.6 Å². The SMILES string of the molecule is Cc1noc(C)c1COc1cccc(C(=O)NN2C(=O)NC(c3ccccc3)(c3ccccc3)C2=O)c1. The molecule has 4 amide bonds. The monoisotopic (exact) mass is 496 g/mol. The summed E-state index contributed by atoms with van der Waals surface area (Å²) in [6, 6.07) is 23.6. The fourth-order valence-corrected chi connectivity index (χ4v) is 4.32. The zero-order valence-electron chi connectivity index (χ0n) is 20.2. The molecule has 1 saturated heterocycles. The number of nitrogens with one attached hydrogen (secondary N) is 2. The van der Waals surface area contributed by atoms with E-state index in [0.29, 0.717) is 22.6 Å². The van der Waals surface area contributed by atoms with Crippen LogP contribution in [-0.2, 0) is 16.9 Å². The van der Waals surface area contributed by atoms with Crippen molar-refractivity contribution in [3.8, 4) is 5.75 Å². The van der Waals surface area contributed by atoms with Crippen LogP contribution >= 0.6 is 0 Å². The molecule has 0 atom stereocenters. The maximum Gasteiger partial charge on any atom is 0.344 e. The molecule has 5 rings (SSSR count). The highest BCUT2D eigenvalue weighted by molar-refractivity contribution is 6.11. The zero-order valence-corrected chi connectivity index (χ0v) is 20.2. The van der Waals surface area contributed by atoms with E-state index in [1.54, 1.807) is 73.7 Å². The number of hydrogen-bond acceptors (Lipinski definition) is 6. The first-order valence-corrected chi connectivity index (χ1v) is 11.6. The molecule has 37 heavy (non-hydrogen) atoms. The molecular weight excluding hydrogens is 472 g/mol. The molecule has 0 radical (unpaired) electrons. The third-order valence-electron chi connectivity index (χ3n) is 6.31. The summed E-state index contributed by atoms with van der Waals surface area (Å²) < 4.78 is 11.0. The molecule has 0 aliphatic carbocycles. The second-order valence-electron chi connectivity index (χ2n) is 8.61. The molecule has 0 bridgehead atoms. The molecule has 1 aromatic heterocycles. The van der Waals surface area contributed by atoms with Crippen LogP contribution in [0.1, 0.15) is 38.5 Å². The van der Waals surface area contributed by atoms with Crippen molar-refractivity contribution in [3.63, 3.8) is 0 Å². The summed E-state index contributed by atoms with van der Waals surface area (Å²) in [7, 11) is 0. The number of aryl methyl sites for hydroxylation is 2. The minimum Gasteiger partial charge on any atom is -0.489 e. The number of imide groups is 1. The Morgan fingerprint density at radius 3 is 2.22 bits per heavy atom. The summed E-state index contributed by atoms with van der Waals surface area (Å²) in [5.41, 5.74) is 3.90. The fraction of sp³-hybridized carbons (Fsp3) is 0.143. The first kappa shape index (κ1) is 23.8. The predicted octanol–water partition coefficient (Wildman–Crippen LogP) is 4.01. The van der Waals surface area contributed by atoms with Gasteiger partial charge in [0.2, 0.25) is 0 Å². The average molecular weight is 497 g/mol. The highest BCUT2D eigenvalue weighted by Gasteiger charge is 2.54. The van der Waals surface area contributed by atoms with Crippen LogP contribution in [0.4, 0.5) is 4.79 Å². The zero-order chi connectivity index (χ0) is 26.0. The molecule has 0 saturated carbocycles. The van der Waals surface area contributed by atoms with Gasteiger partial charge in [-0.2, -0.15) is 5.01 Å². The first-order chi connectivity index (χ1) is 17.9. The van der Waals surface area contributed by atoms with Gasteiger partial charge in [0.15, 0.2) is 5.54 Å². The lowest BCUT2D eigenvalue weighted by Crippen LogP contribution is -2.49. The Morgan fingerprint density at radius 1 is 0.973 bits per heavy atom. The van der Waals surface area contributed by atoms with E-state index >= 15 is 0 Å². The number of benzene rings is 3. The van der Waals surface area contributed by atoms with Gasteiger partial charge in [-0.05, 0) is 43.2 Å². The van der Waals surface area contributed by atoms with E-state index in [0.717, 1.165) is 16.3 Å². The summed E-state index contributed by atoms with van der Waals surface area (Å²) in [5.74, 6) is -0.157. The lowest BCUT2D eigenvalue weighted by atomic mass is 9.83. The second-order valence-corrected chi connectivity index (χ2v) is 8.61. The van der Waals surface area contributed by atoms with Gasteiger partial charge in [-0.25, -0.2) is 4.79 Å². The van der Waals surface area contributed by atoms with Crippen molar-refractivity contribution in [1.82, 2.24) is 20.9 Å². The van der Waals surface area contributed by atoms with Crippen molar-refractivity contribution in [2.45, 2.75) is 26.0 Å². The Bertz CT molecular complexity index is 1410. The third kappa shape index (κ3) is 4.31. The van der Waals surface area contributed by atoms with Crippen LogP contribution in [-0.4, -0.2) is 28.0 Å². The molecule has 1 fully saturated rings. The van der Waals surface area contributed by atoms with Crippen LogP contribution in [0.25, 0.3) is 0 Å². The highest BCUT2D eigenvalue weighted by atomic mass is 16.5. The predicted molar refractivity (Wildman–Crippen MR) is 133 cm³/mol. The van der Waals surface area contributed by atoms with E-state index in [1.165, 1.54) is 6.07 Å². The quantitative estimate of drug-likeness (QED) is 0.374. The molecule has 3 aromatic carbocycles.